The van der Waals surface area contributed by atoms with Crippen molar-refractivity contribution in [2.24, 2.45) is 0 Å². The zero-order valence-corrected chi connectivity index (χ0v) is 11.4. The van der Waals surface area contributed by atoms with E-state index in [9.17, 15) is 0 Å². The number of benzene rings is 1. The molecule has 100 valence electrons. The quantitative estimate of drug-likeness (QED) is 0.913. The van der Waals surface area contributed by atoms with Gasteiger partial charge in [0.2, 0.25) is 0 Å². The van der Waals surface area contributed by atoms with Gasteiger partial charge in [-0.25, -0.2) is 4.98 Å². The van der Waals surface area contributed by atoms with Gasteiger partial charge in [0.1, 0.15) is 11.6 Å². The Hall–Kier alpha value is -1.81. The molecule has 1 aromatic carbocycles. The summed E-state index contributed by atoms with van der Waals surface area (Å²) in [4.78, 5) is 6.93. The van der Waals surface area contributed by atoms with E-state index in [1.807, 2.05) is 25.4 Å². The lowest BCUT2D eigenvalue weighted by molar-refractivity contribution is 0.415. The normalized spacial score (nSPS) is 19.1. The zero-order chi connectivity index (χ0) is 13.2. The first-order valence-electron chi connectivity index (χ1n) is 6.67. The van der Waals surface area contributed by atoms with Crippen LogP contribution in [0.25, 0.3) is 10.8 Å². The van der Waals surface area contributed by atoms with Gasteiger partial charge >= 0.3 is 0 Å². The van der Waals surface area contributed by atoms with E-state index in [0.29, 0.717) is 6.04 Å². The highest BCUT2D eigenvalue weighted by atomic mass is 16.5. The molecule has 0 bridgehead atoms. The van der Waals surface area contributed by atoms with E-state index >= 15 is 0 Å². The molecule has 4 heteroatoms. The third-order valence-electron chi connectivity index (χ3n) is 3.85. The van der Waals surface area contributed by atoms with Crippen LogP contribution in [0.15, 0.2) is 30.5 Å². The highest BCUT2D eigenvalue weighted by molar-refractivity contribution is 5.93. The number of aromatic nitrogens is 1. The molecular formula is C15H19N3O. The van der Waals surface area contributed by atoms with Gasteiger partial charge < -0.3 is 15.0 Å². The van der Waals surface area contributed by atoms with Crippen LogP contribution < -0.4 is 15.0 Å². The lowest BCUT2D eigenvalue weighted by Crippen LogP contribution is -2.29. The number of ether oxygens (including phenoxy) is 1. The number of nitrogens with zero attached hydrogens (tertiary/aromatic N) is 2. The van der Waals surface area contributed by atoms with Gasteiger partial charge in [-0.05, 0) is 43.1 Å². The molecule has 1 fully saturated rings. The standard InChI is InChI=1S/C15H19N3O/c1-16-12-6-8-18(10-12)15-14-4-3-13(19-2)9-11(14)5-7-17-15/h3-5,7,9,12,16H,6,8,10H2,1-2H3. The topological polar surface area (TPSA) is 37.4 Å². The fraction of sp³-hybridized carbons (Fsp3) is 0.400. The van der Waals surface area contributed by atoms with Crippen molar-refractivity contribution in [2.75, 3.05) is 32.1 Å². The van der Waals surface area contributed by atoms with Crippen LogP contribution in [-0.4, -0.2) is 38.3 Å². The molecule has 2 aromatic rings. The average Bonchev–Trinajstić information content (AvgIpc) is 2.94. The fourth-order valence-corrected chi connectivity index (χ4v) is 2.71. The molecule has 1 aromatic heterocycles. The Morgan fingerprint density at radius 2 is 2.26 bits per heavy atom. The maximum absolute atomic E-state index is 5.28. The van der Waals surface area contributed by atoms with Crippen molar-refractivity contribution in [3.05, 3.63) is 30.5 Å². The van der Waals surface area contributed by atoms with Crippen LogP contribution in [0.1, 0.15) is 6.42 Å². The summed E-state index contributed by atoms with van der Waals surface area (Å²) in [5, 5.41) is 5.71. The van der Waals surface area contributed by atoms with E-state index in [2.05, 4.69) is 27.3 Å². The molecule has 19 heavy (non-hydrogen) atoms. The molecule has 4 nitrogen and oxygen atoms in total. The van der Waals surface area contributed by atoms with E-state index in [4.69, 9.17) is 4.74 Å². The second-order valence-corrected chi connectivity index (χ2v) is 4.94. The number of rotatable bonds is 3. The molecule has 2 heterocycles. The van der Waals surface area contributed by atoms with Crippen LogP contribution in [0.2, 0.25) is 0 Å². The number of anilines is 1. The predicted molar refractivity (Wildman–Crippen MR) is 78.0 cm³/mol. The van der Waals surface area contributed by atoms with E-state index in [-0.39, 0.29) is 0 Å². The summed E-state index contributed by atoms with van der Waals surface area (Å²) in [6.45, 7) is 2.08. The number of nitrogens with one attached hydrogen (secondary N) is 1. The van der Waals surface area contributed by atoms with Crippen LogP contribution in [0.4, 0.5) is 5.82 Å². The maximum Gasteiger partial charge on any atom is 0.136 e. The van der Waals surface area contributed by atoms with E-state index in [0.717, 1.165) is 24.7 Å². The Bertz CT molecular complexity index is 585. The number of hydrogen-bond donors (Lipinski definition) is 1. The molecule has 1 atom stereocenters. The van der Waals surface area contributed by atoms with Crippen LogP contribution in [-0.2, 0) is 0 Å². The second-order valence-electron chi connectivity index (χ2n) is 4.94. The van der Waals surface area contributed by atoms with Crippen molar-refractivity contribution >= 4 is 16.6 Å². The molecule has 3 rings (SSSR count). The Morgan fingerprint density at radius 3 is 3.00 bits per heavy atom. The van der Waals surface area contributed by atoms with E-state index in [1.165, 1.54) is 17.2 Å². The van der Waals surface area contributed by atoms with Crippen molar-refractivity contribution < 1.29 is 4.74 Å². The van der Waals surface area contributed by atoms with Crippen molar-refractivity contribution in [1.82, 2.24) is 10.3 Å². The van der Waals surface area contributed by atoms with Crippen molar-refractivity contribution in [2.45, 2.75) is 12.5 Å². The lowest BCUT2D eigenvalue weighted by atomic mass is 10.1. The minimum atomic E-state index is 0.565. The van der Waals surface area contributed by atoms with Gasteiger partial charge in [-0.2, -0.15) is 0 Å². The molecule has 1 aliphatic heterocycles. The maximum atomic E-state index is 5.28. The van der Waals surface area contributed by atoms with Crippen molar-refractivity contribution in [1.29, 1.82) is 0 Å². The summed E-state index contributed by atoms with van der Waals surface area (Å²) in [7, 11) is 3.72. The van der Waals surface area contributed by atoms with Gasteiger partial charge in [0, 0.05) is 30.7 Å². The Kier molecular flexibility index (Phi) is 3.25. The molecule has 1 unspecified atom stereocenters. The highest BCUT2D eigenvalue weighted by Gasteiger charge is 2.23. The number of likely N-dealkylation sites (N-methyl/N-ethyl adjacent to an activating group) is 1. The van der Waals surface area contributed by atoms with Gasteiger partial charge in [0.25, 0.3) is 0 Å². The minimum Gasteiger partial charge on any atom is -0.497 e. The first-order valence-corrected chi connectivity index (χ1v) is 6.67. The summed E-state index contributed by atoms with van der Waals surface area (Å²) in [5.41, 5.74) is 0. The number of hydrogen-bond acceptors (Lipinski definition) is 4. The molecule has 0 spiro atoms. The van der Waals surface area contributed by atoms with Crippen molar-refractivity contribution in [3.63, 3.8) is 0 Å². The van der Waals surface area contributed by atoms with Crippen molar-refractivity contribution in [3.8, 4) is 5.75 Å². The highest BCUT2D eigenvalue weighted by Crippen LogP contribution is 2.29. The van der Waals surface area contributed by atoms with Gasteiger partial charge in [-0.15, -0.1) is 0 Å². The molecular weight excluding hydrogens is 238 g/mol. The fourth-order valence-electron chi connectivity index (χ4n) is 2.71. The Labute approximate surface area is 113 Å². The molecule has 1 N–H and O–H groups in total. The third kappa shape index (κ3) is 2.24. The predicted octanol–water partition coefficient (Wildman–Crippen LogP) is 2.04. The summed E-state index contributed by atoms with van der Waals surface area (Å²) in [5.74, 6) is 1.97. The summed E-state index contributed by atoms with van der Waals surface area (Å²) in [6, 6.07) is 8.76. The SMILES string of the molecule is CNC1CCN(c2nccc3cc(OC)ccc23)C1. The van der Waals surface area contributed by atoms with Gasteiger partial charge in [-0.3, -0.25) is 0 Å². The summed E-state index contributed by atoms with van der Waals surface area (Å²) < 4.78 is 5.28. The average molecular weight is 257 g/mol. The smallest absolute Gasteiger partial charge is 0.136 e. The molecule has 0 amide bonds. The van der Waals surface area contributed by atoms with Crippen LogP contribution >= 0.6 is 0 Å². The zero-order valence-electron chi connectivity index (χ0n) is 11.4. The molecule has 0 aliphatic carbocycles. The van der Waals surface area contributed by atoms with Crippen LogP contribution in [0.3, 0.4) is 0 Å². The molecule has 0 radical (unpaired) electrons. The summed E-state index contributed by atoms with van der Waals surface area (Å²) in [6.07, 6.45) is 3.05. The number of pyridine rings is 1. The molecule has 0 saturated carbocycles. The lowest BCUT2D eigenvalue weighted by Gasteiger charge is -2.19. The number of methoxy groups -OCH3 is 1. The monoisotopic (exact) mass is 257 g/mol. The second kappa shape index (κ2) is 5.05. The van der Waals surface area contributed by atoms with Gasteiger partial charge in [0.15, 0.2) is 0 Å². The molecule has 1 aliphatic rings. The third-order valence-corrected chi connectivity index (χ3v) is 3.85. The minimum absolute atomic E-state index is 0.565. The van der Waals surface area contributed by atoms with E-state index in [1.54, 1.807) is 7.11 Å². The Balaban J connectivity index is 2.00. The number of fused-ring (bicyclic) bond motifs is 1. The van der Waals surface area contributed by atoms with Gasteiger partial charge in [-0.1, -0.05) is 0 Å². The van der Waals surface area contributed by atoms with Crippen LogP contribution in [0, 0.1) is 0 Å². The summed E-state index contributed by atoms with van der Waals surface area (Å²) >= 11 is 0. The molecule has 1 saturated heterocycles. The Morgan fingerprint density at radius 1 is 1.37 bits per heavy atom. The first-order chi connectivity index (χ1) is 9.31. The van der Waals surface area contributed by atoms with E-state index < -0.39 is 0 Å². The largest absolute Gasteiger partial charge is 0.497 e. The van der Waals surface area contributed by atoms with Gasteiger partial charge in [0.05, 0.1) is 7.11 Å². The van der Waals surface area contributed by atoms with Crippen LogP contribution in [0.5, 0.6) is 5.75 Å². The first kappa shape index (κ1) is 12.2.